The summed E-state index contributed by atoms with van der Waals surface area (Å²) in [5.74, 6) is 0.485. The van der Waals surface area contributed by atoms with Crippen LogP contribution in [0.1, 0.15) is 18.9 Å². The van der Waals surface area contributed by atoms with Crippen LogP contribution in [-0.2, 0) is 0 Å². The van der Waals surface area contributed by atoms with Gasteiger partial charge in [0.25, 0.3) is 0 Å². The minimum atomic E-state index is 0.191. The molecule has 4 heterocycles. The summed E-state index contributed by atoms with van der Waals surface area (Å²) in [6.07, 6.45) is 9.45. The van der Waals surface area contributed by atoms with Crippen molar-refractivity contribution >= 4 is 29.3 Å². The van der Waals surface area contributed by atoms with Gasteiger partial charge in [-0.15, -0.1) is 0 Å². The van der Waals surface area contributed by atoms with Gasteiger partial charge in [0.15, 0.2) is 0 Å². The zero-order valence-electron chi connectivity index (χ0n) is 21.8. The molecule has 2 aliphatic heterocycles. The SMILES string of the molecule is CC1CC=CC2=C1B1c3ccccc3-c3cc(-c4cccc(-c5cccnc5)n4)ccc3N1c1ccccc12. The number of nitrogens with zero attached hydrogens (tertiary/aromatic N) is 3. The van der Waals surface area contributed by atoms with Crippen molar-refractivity contribution < 1.29 is 0 Å². The molecule has 0 fully saturated rings. The second kappa shape index (κ2) is 8.67. The maximum absolute atomic E-state index is 5.03. The summed E-state index contributed by atoms with van der Waals surface area (Å²) in [4.78, 5) is 11.9. The Morgan fingerprint density at radius 2 is 1.54 bits per heavy atom. The Hall–Kier alpha value is -4.70. The quantitative estimate of drug-likeness (QED) is 0.233. The minimum absolute atomic E-state index is 0.191. The van der Waals surface area contributed by atoms with Crippen molar-refractivity contribution in [2.24, 2.45) is 5.92 Å². The highest BCUT2D eigenvalue weighted by Crippen LogP contribution is 2.50. The molecule has 0 saturated heterocycles. The summed E-state index contributed by atoms with van der Waals surface area (Å²) in [7, 11) is 0. The highest BCUT2D eigenvalue weighted by molar-refractivity contribution is 6.87. The van der Waals surface area contributed by atoms with E-state index in [-0.39, 0.29) is 6.85 Å². The summed E-state index contributed by atoms with van der Waals surface area (Å²) in [6, 6.07) is 35.0. The van der Waals surface area contributed by atoms with E-state index in [9.17, 15) is 0 Å². The maximum atomic E-state index is 5.03. The molecule has 4 heteroatoms. The van der Waals surface area contributed by atoms with Crippen LogP contribution < -0.4 is 10.3 Å². The Morgan fingerprint density at radius 1 is 0.744 bits per heavy atom. The molecule has 3 nitrogen and oxygen atoms in total. The highest BCUT2D eigenvalue weighted by atomic mass is 15.1. The molecule has 0 bridgehead atoms. The van der Waals surface area contributed by atoms with Gasteiger partial charge in [0.05, 0.1) is 11.4 Å². The van der Waals surface area contributed by atoms with Crippen LogP contribution in [0.25, 0.3) is 39.2 Å². The third-order valence-corrected chi connectivity index (χ3v) is 8.43. The minimum Gasteiger partial charge on any atom is -0.376 e. The molecule has 1 atom stereocenters. The average molecular weight is 499 g/mol. The first-order valence-corrected chi connectivity index (χ1v) is 13.7. The van der Waals surface area contributed by atoms with Crippen molar-refractivity contribution in [3.05, 3.63) is 133 Å². The van der Waals surface area contributed by atoms with E-state index < -0.39 is 0 Å². The van der Waals surface area contributed by atoms with Crippen molar-refractivity contribution in [2.45, 2.75) is 13.3 Å². The molecule has 0 N–H and O–H groups in total. The van der Waals surface area contributed by atoms with Gasteiger partial charge in [-0.1, -0.05) is 79.1 Å². The predicted octanol–water partition coefficient (Wildman–Crippen LogP) is 7.73. The van der Waals surface area contributed by atoms with Crippen LogP contribution in [0.5, 0.6) is 0 Å². The molecule has 1 unspecified atom stereocenters. The largest absolute Gasteiger partial charge is 0.376 e. The van der Waals surface area contributed by atoms with E-state index in [0.717, 1.165) is 28.9 Å². The predicted molar refractivity (Wildman–Crippen MR) is 162 cm³/mol. The van der Waals surface area contributed by atoms with Crippen LogP contribution in [0.2, 0.25) is 0 Å². The lowest BCUT2D eigenvalue weighted by Crippen LogP contribution is -2.54. The van der Waals surface area contributed by atoms with E-state index in [0.29, 0.717) is 5.92 Å². The van der Waals surface area contributed by atoms with E-state index in [1.54, 1.807) is 6.20 Å². The topological polar surface area (TPSA) is 29.0 Å². The molecule has 3 aliphatic rings. The van der Waals surface area contributed by atoms with E-state index >= 15 is 0 Å². The maximum Gasteiger partial charge on any atom is 0.325 e. The van der Waals surface area contributed by atoms with Crippen LogP contribution in [0, 0.1) is 5.92 Å². The second-order valence-corrected chi connectivity index (χ2v) is 10.7. The van der Waals surface area contributed by atoms with Crippen LogP contribution in [0.15, 0.2) is 127 Å². The number of fused-ring (bicyclic) bond motifs is 10. The summed E-state index contributed by atoms with van der Waals surface area (Å²) < 4.78 is 0. The molecule has 8 rings (SSSR count). The van der Waals surface area contributed by atoms with Crippen molar-refractivity contribution in [1.82, 2.24) is 9.97 Å². The fraction of sp³-hybridized carbons (Fsp3) is 0.0857. The number of hydrogen-bond acceptors (Lipinski definition) is 3. The highest BCUT2D eigenvalue weighted by Gasteiger charge is 2.44. The van der Waals surface area contributed by atoms with Crippen LogP contribution in [0.4, 0.5) is 11.4 Å². The van der Waals surface area contributed by atoms with Crippen LogP contribution >= 0.6 is 0 Å². The number of pyridine rings is 2. The van der Waals surface area contributed by atoms with Gasteiger partial charge < -0.3 is 4.81 Å². The van der Waals surface area contributed by atoms with Crippen molar-refractivity contribution in [1.29, 1.82) is 0 Å². The fourth-order valence-electron chi connectivity index (χ4n) is 6.68. The summed E-state index contributed by atoms with van der Waals surface area (Å²) in [5, 5.41) is 0. The Labute approximate surface area is 229 Å². The normalized spacial score (nSPS) is 16.7. The van der Waals surface area contributed by atoms with Crippen molar-refractivity contribution in [3.63, 3.8) is 0 Å². The van der Waals surface area contributed by atoms with Gasteiger partial charge in [0.1, 0.15) is 0 Å². The first kappa shape index (κ1) is 22.3. The smallest absolute Gasteiger partial charge is 0.325 e. The van der Waals surface area contributed by atoms with E-state index in [1.165, 1.54) is 44.6 Å². The van der Waals surface area contributed by atoms with E-state index in [2.05, 4.69) is 120 Å². The van der Waals surface area contributed by atoms with Crippen LogP contribution in [0.3, 0.4) is 0 Å². The van der Waals surface area contributed by atoms with Gasteiger partial charge in [-0.25, -0.2) is 4.98 Å². The van der Waals surface area contributed by atoms with Crippen molar-refractivity contribution in [3.8, 4) is 33.6 Å². The Kier molecular flexibility index (Phi) is 4.96. The summed E-state index contributed by atoms with van der Waals surface area (Å²) in [5.41, 5.74) is 14.8. The molecule has 2 aromatic heterocycles. The standard InChI is InChI=1S/C35H26BN3/c1-23-9-6-13-28-27-12-3-5-17-33(27)39-34-19-18-24(31-15-7-16-32(38-31)25-10-8-20-37-22-25)21-29(34)26-11-2-4-14-30(26)36(39)35(23)28/h2-8,10-23H,9H2,1H3. The number of hydrogen-bond donors (Lipinski definition) is 0. The molecule has 0 radical (unpaired) electrons. The van der Waals surface area contributed by atoms with Gasteiger partial charge >= 0.3 is 6.85 Å². The van der Waals surface area contributed by atoms with E-state index in [4.69, 9.17) is 4.98 Å². The molecular formula is C35H26BN3. The lowest BCUT2D eigenvalue weighted by Gasteiger charge is -2.46. The Balaban J connectivity index is 1.34. The zero-order valence-corrected chi connectivity index (χ0v) is 21.8. The molecule has 0 spiro atoms. The number of benzene rings is 3. The number of anilines is 2. The number of para-hydroxylation sites is 1. The zero-order chi connectivity index (χ0) is 25.9. The molecule has 0 saturated carbocycles. The van der Waals surface area contributed by atoms with Gasteiger partial charge in [0.2, 0.25) is 0 Å². The third-order valence-electron chi connectivity index (χ3n) is 8.43. The first-order valence-electron chi connectivity index (χ1n) is 13.7. The van der Waals surface area contributed by atoms with Gasteiger partial charge in [-0.3, -0.25) is 4.98 Å². The summed E-state index contributed by atoms with van der Waals surface area (Å²) in [6.45, 7) is 2.57. The molecule has 184 valence electrons. The van der Waals surface area contributed by atoms with Crippen molar-refractivity contribution in [2.75, 3.05) is 4.81 Å². The monoisotopic (exact) mass is 499 g/mol. The Morgan fingerprint density at radius 3 is 2.41 bits per heavy atom. The average Bonchev–Trinajstić information content (AvgIpc) is 3.01. The van der Waals surface area contributed by atoms with Gasteiger partial charge in [-0.05, 0) is 71.4 Å². The molecule has 5 aromatic rings. The van der Waals surface area contributed by atoms with Crippen LogP contribution in [-0.4, -0.2) is 16.8 Å². The molecule has 39 heavy (non-hydrogen) atoms. The van der Waals surface area contributed by atoms with E-state index in [1.807, 2.05) is 12.3 Å². The second-order valence-electron chi connectivity index (χ2n) is 10.7. The Bertz CT molecular complexity index is 1820. The lowest BCUT2D eigenvalue weighted by atomic mass is 9.40. The molecule has 3 aromatic carbocycles. The molecule has 1 aliphatic carbocycles. The number of allylic oxidation sites excluding steroid dienone is 4. The summed E-state index contributed by atoms with van der Waals surface area (Å²) >= 11 is 0. The lowest BCUT2D eigenvalue weighted by molar-refractivity contribution is 0.718. The number of aromatic nitrogens is 2. The van der Waals surface area contributed by atoms with Gasteiger partial charge in [-0.2, -0.15) is 0 Å². The molecular weight excluding hydrogens is 473 g/mol. The van der Waals surface area contributed by atoms with Gasteiger partial charge in [0, 0.05) is 46.0 Å². The fourth-order valence-corrected chi connectivity index (χ4v) is 6.68. The number of rotatable bonds is 2. The first-order chi connectivity index (χ1) is 19.3. The third kappa shape index (κ3) is 3.38. The molecule has 0 amide bonds.